The standard InChI is InChI=1S/C37H61P2.3ClH.Pd/c1-7-19-31(20-8-1)37(38(32-21-9-2-10-22-32)33-23-11-3-12-24-33)39(34-25-13-4-14-26-34,35-27-15-5-16-28-35)36-29-17-6-18-30-36;;;;/h1,7-8,19-20,32-37H,2-6,9-18,21-30H2;3*1H;/q+1;;;;+3/p-2. The van der Waals surface area contributed by atoms with Crippen LogP contribution >= 0.6 is 43.8 Å². The summed E-state index contributed by atoms with van der Waals surface area (Å²) in [5.74, 6) is 0. The van der Waals surface area contributed by atoms with Crippen molar-refractivity contribution in [2.75, 3.05) is 0 Å². The van der Waals surface area contributed by atoms with Crippen molar-refractivity contribution in [1.82, 2.24) is 0 Å². The Morgan fingerprint density at radius 1 is 0.488 bits per heavy atom. The SMILES string of the molecule is [Cl][Pd]([Cl])[Cl].c1ccc(C([PH+](C2CCCCC2)C2CCCCC2)[P+](C2CCCCC2)(C2CCCCC2)C2CCCCC2)cc1. The van der Waals surface area contributed by atoms with Crippen LogP contribution in [0.15, 0.2) is 30.3 Å². The van der Waals surface area contributed by atoms with E-state index in [1.54, 1.807) is 128 Å². The van der Waals surface area contributed by atoms with E-state index in [9.17, 15) is 0 Å². The van der Waals surface area contributed by atoms with Crippen LogP contribution in [0.3, 0.4) is 0 Å². The molecule has 6 rings (SSSR count). The van der Waals surface area contributed by atoms with Crippen molar-refractivity contribution in [3.63, 3.8) is 0 Å². The van der Waals surface area contributed by atoms with Gasteiger partial charge < -0.3 is 0 Å². The minimum absolute atomic E-state index is 0.488. The second-order valence-corrected chi connectivity index (χ2v) is 30.2. The minimum atomic E-state index is -1.57. The molecule has 6 heteroatoms. The molecule has 1 atom stereocenters. The second kappa shape index (κ2) is 19.0. The van der Waals surface area contributed by atoms with E-state index >= 15 is 0 Å². The van der Waals surface area contributed by atoms with Crippen LogP contribution in [0.1, 0.15) is 171 Å². The Morgan fingerprint density at radius 2 is 0.791 bits per heavy atom. The van der Waals surface area contributed by atoms with Crippen LogP contribution in [-0.4, -0.2) is 28.3 Å². The zero-order valence-corrected chi connectivity index (χ0v) is 32.6. The third-order valence-corrected chi connectivity index (χ3v) is 25.4. The summed E-state index contributed by atoms with van der Waals surface area (Å²) in [5, 5.41) is 1.03. The maximum atomic E-state index is 4.92. The van der Waals surface area contributed by atoms with Crippen LogP contribution in [0.25, 0.3) is 0 Å². The molecule has 5 saturated carbocycles. The van der Waals surface area contributed by atoms with Crippen molar-refractivity contribution in [3.05, 3.63) is 35.9 Å². The number of benzene rings is 1. The number of rotatable bonds is 8. The average molecular weight is 782 g/mol. The average Bonchev–Trinajstić information content (AvgIpc) is 3.07. The van der Waals surface area contributed by atoms with E-state index in [-0.39, 0.29) is 0 Å². The van der Waals surface area contributed by atoms with E-state index < -0.39 is 28.9 Å². The zero-order chi connectivity index (χ0) is 29.9. The van der Waals surface area contributed by atoms with Gasteiger partial charge in [-0.15, -0.1) is 0 Å². The maximum Gasteiger partial charge on any atom is 0.192 e. The molecule has 0 aromatic heterocycles. The molecule has 5 fully saturated rings. The zero-order valence-electron chi connectivity index (χ0n) is 26.9. The molecule has 0 radical (unpaired) electrons. The van der Waals surface area contributed by atoms with Gasteiger partial charge in [0.25, 0.3) is 0 Å². The Kier molecular flexibility index (Phi) is 15.8. The number of hydrogen-bond donors (Lipinski definition) is 0. The van der Waals surface area contributed by atoms with Gasteiger partial charge in [-0.05, 0) is 128 Å². The predicted octanol–water partition coefficient (Wildman–Crippen LogP) is 14.6. The molecule has 249 valence electrons. The van der Waals surface area contributed by atoms with Gasteiger partial charge in [-0.2, -0.15) is 0 Å². The fourth-order valence-corrected chi connectivity index (χ4v) is 28.1. The Morgan fingerprint density at radius 3 is 1.12 bits per heavy atom. The first-order valence-electron chi connectivity index (χ1n) is 18.5. The summed E-state index contributed by atoms with van der Waals surface area (Å²) in [5.41, 5.74) is 7.50. The number of halogens is 3. The van der Waals surface area contributed by atoms with E-state index in [0.717, 1.165) is 33.7 Å². The van der Waals surface area contributed by atoms with Crippen LogP contribution in [0.2, 0.25) is 0 Å². The summed E-state index contributed by atoms with van der Waals surface area (Å²) < 4.78 is 0. The monoisotopic (exact) mass is 779 g/mol. The molecule has 5 aliphatic carbocycles. The Balaban J connectivity index is 0.000000868. The Labute approximate surface area is 285 Å². The third-order valence-electron chi connectivity index (χ3n) is 12.7. The molecule has 0 nitrogen and oxygen atoms in total. The fourth-order valence-electron chi connectivity index (χ4n) is 11.1. The van der Waals surface area contributed by atoms with Gasteiger partial charge in [0, 0.05) is 5.56 Å². The van der Waals surface area contributed by atoms with Crippen LogP contribution in [0, 0.1) is 0 Å². The van der Waals surface area contributed by atoms with E-state index in [1.165, 1.54) is 32.1 Å². The largest absolute Gasteiger partial charge is 0.192 e. The summed E-state index contributed by atoms with van der Waals surface area (Å²) >= 11 is -1.57. The van der Waals surface area contributed by atoms with Crippen molar-refractivity contribution >= 4 is 43.8 Å². The van der Waals surface area contributed by atoms with Crippen molar-refractivity contribution in [3.8, 4) is 0 Å². The van der Waals surface area contributed by atoms with Crippen molar-refractivity contribution in [2.24, 2.45) is 0 Å². The van der Waals surface area contributed by atoms with Gasteiger partial charge in [-0.1, -0.05) is 62.4 Å². The molecular formula is C37H62Cl3P2Pd+2. The van der Waals surface area contributed by atoms with Crippen LogP contribution in [-0.2, 0) is 13.7 Å². The van der Waals surface area contributed by atoms with Crippen LogP contribution < -0.4 is 0 Å². The first kappa shape index (κ1) is 35.9. The molecule has 0 amide bonds. The van der Waals surface area contributed by atoms with E-state index in [2.05, 4.69) is 30.3 Å². The first-order valence-corrected chi connectivity index (χ1v) is 28.3. The summed E-state index contributed by atoms with van der Waals surface area (Å²) in [6.45, 7) is 0. The molecule has 5 aliphatic rings. The van der Waals surface area contributed by atoms with Crippen LogP contribution in [0.4, 0.5) is 0 Å². The van der Waals surface area contributed by atoms with Crippen molar-refractivity contribution < 1.29 is 13.7 Å². The molecule has 0 aliphatic heterocycles. The van der Waals surface area contributed by atoms with E-state index in [1.807, 2.05) is 5.56 Å². The normalized spacial score (nSPS) is 25.6. The predicted molar refractivity (Wildman–Crippen MR) is 196 cm³/mol. The summed E-state index contributed by atoms with van der Waals surface area (Å²) in [6, 6.07) is 12.7. The second-order valence-electron chi connectivity index (χ2n) is 14.9. The smallest absolute Gasteiger partial charge is 0.0622 e. The molecule has 1 unspecified atom stereocenters. The molecule has 0 heterocycles. The Bertz CT molecular complexity index is 820. The van der Waals surface area contributed by atoms with Gasteiger partial charge in [-0.3, -0.25) is 0 Å². The topological polar surface area (TPSA) is 0 Å². The van der Waals surface area contributed by atoms with Crippen molar-refractivity contribution in [2.45, 2.75) is 194 Å². The van der Waals surface area contributed by atoms with Gasteiger partial charge in [0.15, 0.2) is 5.40 Å². The van der Waals surface area contributed by atoms with Gasteiger partial charge in [0.1, 0.15) is 0 Å². The summed E-state index contributed by atoms with van der Waals surface area (Å²) in [4.78, 5) is 0. The molecule has 0 bridgehead atoms. The maximum absolute atomic E-state index is 4.92. The molecule has 1 aromatic carbocycles. The number of hydrogen-bond acceptors (Lipinski definition) is 0. The van der Waals surface area contributed by atoms with E-state index in [4.69, 9.17) is 28.6 Å². The quantitative estimate of drug-likeness (QED) is 0.182. The van der Waals surface area contributed by atoms with Gasteiger partial charge in [0.05, 0.1) is 43.5 Å². The van der Waals surface area contributed by atoms with Gasteiger partial charge >= 0.3 is 42.3 Å². The van der Waals surface area contributed by atoms with E-state index in [0.29, 0.717) is 0 Å². The molecule has 0 spiro atoms. The fraction of sp³-hybridized carbons (Fsp3) is 0.838. The molecular weight excluding hydrogens is 719 g/mol. The summed E-state index contributed by atoms with van der Waals surface area (Å²) in [7, 11) is 13.1. The molecule has 1 aromatic rings. The van der Waals surface area contributed by atoms with Crippen molar-refractivity contribution in [1.29, 1.82) is 0 Å². The third kappa shape index (κ3) is 9.40. The molecule has 0 N–H and O–H groups in total. The van der Waals surface area contributed by atoms with Gasteiger partial charge in [0.2, 0.25) is 0 Å². The Hall–Kier alpha value is 1.61. The first-order chi connectivity index (χ1) is 21.1. The summed E-state index contributed by atoms with van der Waals surface area (Å²) in [6.07, 6.45) is 39.3. The molecule has 0 saturated heterocycles. The molecule has 43 heavy (non-hydrogen) atoms. The van der Waals surface area contributed by atoms with Crippen LogP contribution in [0.5, 0.6) is 0 Å². The minimum Gasteiger partial charge on any atom is -0.0622 e. The van der Waals surface area contributed by atoms with Gasteiger partial charge in [-0.25, -0.2) is 0 Å².